The van der Waals surface area contributed by atoms with Crippen LogP contribution in [0.1, 0.15) is 174 Å². The van der Waals surface area contributed by atoms with Crippen molar-refractivity contribution in [3.05, 3.63) is 65.7 Å². The number of rotatable bonds is 18. The van der Waals surface area contributed by atoms with E-state index in [1.165, 1.54) is 83.5 Å². The Hall–Kier alpha value is -2.63. The van der Waals surface area contributed by atoms with Gasteiger partial charge in [0, 0.05) is 12.8 Å². The maximum Gasteiger partial charge on any atom is 0.338 e. The van der Waals surface area contributed by atoms with Gasteiger partial charge in [-0.3, -0.25) is 0 Å². The molecule has 0 radical (unpaired) electrons. The number of allylic oxidation sites excluding steroid dienone is 1. The number of hydrogen-bond donors (Lipinski definition) is 0. The molecule has 5 heteroatoms. The summed E-state index contributed by atoms with van der Waals surface area (Å²) in [4.78, 5) is 13.5. The molecule has 2 aromatic rings. The smallest absolute Gasteiger partial charge is 0.338 e. The topological polar surface area (TPSA) is 57.3 Å². The number of benzene rings is 2. The van der Waals surface area contributed by atoms with Crippen molar-refractivity contribution in [2.45, 2.75) is 188 Å². The normalized spacial score (nSPS) is 34.5. The second-order valence-electron chi connectivity index (χ2n) is 21.3. The molecule has 1 saturated heterocycles. The van der Waals surface area contributed by atoms with Gasteiger partial charge in [-0.25, -0.2) is 4.79 Å². The summed E-state index contributed by atoms with van der Waals surface area (Å²) >= 11 is 0. The van der Waals surface area contributed by atoms with Crippen LogP contribution in [0.5, 0.6) is 5.75 Å². The molecule has 2 aromatic carbocycles. The van der Waals surface area contributed by atoms with Crippen molar-refractivity contribution in [3.63, 3.8) is 0 Å². The largest absolute Gasteiger partial charge is 0.465 e. The highest BCUT2D eigenvalue weighted by atomic mass is 16.7. The fourth-order valence-electron chi connectivity index (χ4n) is 13.4. The Bertz CT molecular complexity index is 1710. The molecular formula is C54H78O5. The molecule has 0 bridgehead atoms. The van der Waals surface area contributed by atoms with Gasteiger partial charge in [0.15, 0.2) is 6.29 Å². The van der Waals surface area contributed by atoms with Crippen LogP contribution in [-0.4, -0.2) is 37.2 Å². The minimum absolute atomic E-state index is 0.0383. The molecule has 0 N–H and O–H groups in total. The summed E-state index contributed by atoms with van der Waals surface area (Å²) < 4.78 is 24.9. The van der Waals surface area contributed by atoms with Gasteiger partial charge in [-0.1, -0.05) is 116 Å². The first-order valence-electron chi connectivity index (χ1n) is 24.6. The number of unbranched alkanes of at least 4 members (excludes halogenated alkanes) is 3. The first kappa shape index (κ1) is 43.0. The van der Waals surface area contributed by atoms with Crippen molar-refractivity contribution in [2.24, 2.45) is 52.3 Å². The van der Waals surface area contributed by atoms with Gasteiger partial charge in [0.1, 0.15) is 11.9 Å². The lowest BCUT2D eigenvalue weighted by molar-refractivity contribution is -0.0988. The van der Waals surface area contributed by atoms with E-state index in [0.717, 1.165) is 97.5 Å². The van der Waals surface area contributed by atoms with Gasteiger partial charge in [0.2, 0.25) is 0 Å². The summed E-state index contributed by atoms with van der Waals surface area (Å²) in [7, 11) is 0. The second-order valence-corrected chi connectivity index (χ2v) is 21.3. The van der Waals surface area contributed by atoms with E-state index in [2.05, 4.69) is 71.9 Å². The average Bonchev–Trinajstić information content (AvgIpc) is 3.92. The third-order valence-corrected chi connectivity index (χ3v) is 17.0. The van der Waals surface area contributed by atoms with Crippen LogP contribution >= 0.6 is 0 Å². The molecule has 5 fully saturated rings. The molecule has 0 aromatic heterocycles. The lowest BCUT2D eigenvalue weighted by atomic mass is 9.47. The SMILES string of the molecule is CCCCCCC(OCC1CCC2OC2C1)Oc1ccc(-c2ccc(C(=O)O[C@H]3CC[C@@]4(C)C(=CC[C@H]5[C@@H]6CC[C@H]([C@H](C)CCCC(C)C)[C@@]6(C)CC[C@@H]54)C3)cc2)cc1. The highest BCUT2D eigenvalue weighted by Crippen LogP contribution is 2.67. The molecule has 1 heterocycles. The Morgan fingerprint density at radius 1 is 0.797 bits per heavy atom. The van der Waals surface area contributed by atoms with E-state index in [0.29, 0.717) is 29.1 Å². The Morgan fingerprint density at radius 2 is 1.58 bits per heavy atom. The fourth-order valence-corrected chi connectivity index (χ4v) is 13.4. The third kappa shape index (κ3) is 9.72. The standard InChI is InChI=1S/C54H78O5/c1-7-8-9-10-14-51(56-35-38-15-28-49-50(33-38)59-49)57-43-23-20-40(21-24-43)39-16-18-41(19-17-39)52(55)58-44-29-31-53(5)42(34-44)22-25-45-47-27-26-46(37(4)13-11-12-36(2)3)54(47,6)32-30-48(45)53/h16-24,36-38,44-51H,7-15,25-35H2,1-6H3/t37-,38?,44+,45+,46-,47+,48+,49?,50?,51?,53+,54-/m1/s1. The van der Waals surface area contributed by atoms with Crippen LogP contribution in [0, 0.1) is 52.3 Å². The quantitative estimate of drug-likeness (QED) is 0.0494. The van der Waals surface area contributed by atoms with Gasteiger partial charge in [0.05, 0.1) is 24.4 Å². The number of ether oxygens (including phenoxy) is 4. The van der Waals surface area contributed by atoms with E-state index in [9.17, 15) is 4.79 Å². The Morgan fingerprint density at radius 3 is 2.32 bits per heavy atom. The highest BCUT2D eigenvalue weighted by Gasteiger charge is 2.59. The van der Waals surface area contributed by atoms with Gasteiger partial charge in [0.25, 0.3) is 0 Å². The number of fused-ring (bicyclic) bond motifs is 6. The first-order valence-corrected chi connectivity index (χ1v) is 24.6. The monoisotopic (exact) mass is 807 g/mol. The summed E-state index contributed by atoms with van der Waals surface area (Å²) in [6.07, 6.45) is 26.6. The molecule has 6 aliphatic rings. The molecule has 1 aliphatic heterocycles. The molecule has 59 heavy (non-hydrogen) atoms. The molecule has 4 unspecified atom stereocenters. The van der Waals surface area contributed by atoms with Gasteiger partial charge < -0.3 is 18.9 Å². The zero-order valence-corrected chi connectivity index (χ0v) is 37.7. The molecule has 12 atom stereocenters. The van der Waals surface area contributed by atoms with Crippen molar-refractivity contribution < 1.29 is 23.7 Å². The van der Waals surface area contributed by atoms with E-state index in [4.69, 9.17) is 18.9 Å². The van der Waals surface area contributed by atoms with Crippen LogP contribution in [0.3, 0.4) is 0 Å². The molecule has 0 spiro atoms. The van der Waals surface area contributed by atoms with Gasteiger partial charge in [-0.05, 0) is 158 Å². The van der Waals surface area contributed by atoms with Crippen LogP contribution in [0.15, 0.2) is 60.2 Å². The fraction of sp³-hybridized carbons (Fsp3) is 0.722. The third-order valence-electron chi connectivity index (χ3n) is 17.0. The van der Waals surface area contributed by atoms with Crippen LogP contribution < -0.4 is 4.74 Å². The summed E-state index contributed by atoms with van der Waals surface area (Å²) in [6, 6.07) is 16.3. The lowest BCUT2D eigenvalue weighted by Crippen LogP contribution is -2.51. The lowest BCUT2D eigenvalue weighted by Gasteiger charge is -2.58. The zero-order valence-electron chi connectivity index (χ0n) is 37.7. The highest BCUT2D eigenvalue weighted by molar-refractivity contribution is 5.90. The molecule has 8 rings (SSSR count). The molecular weight excluding hydrogens is 729 g/mol. The molecule has 5 aliphatic carbocycles. The van der Waals surface area contributed by atoms with Crippen molar-refractivity contribution in [1.82, 2.24) is 0 Å². The Labute approximate surface area is 358 Å². The number of carbonyl (C=O) groups excluding carboxylic acids is 1. The van der Waals surface area contributed by atoms with Crippen LogP contribution in [0.25, 0.3) is 11.1 Å². The summed E-state index contributed by atoms with van der Waals surface area (Å²) in [5, 5.41) is 0. The Balaban J connectivity index is 0.830. The zero-order chi connectivity index (χ0) is 41.1. The molecule has 0 amide bonds. The molecule has 5 nitrogen and oxygen atoms in total. The average molecular weight is 807 g/mol. The summed E-state index contributed by atoms with van der Waals surface area (Å²) in [5.41, 5.74) is 5.15. The van der Waals surface area contributed by atoms with Crippen LogP contribution in [-0.2, 0) is 14.2 Å². The molecule has 324 valence electrons. The minimum Gasteiger partial charge on any atom is -0.465 e. The van der Waals surface area contributed by atoms with E-state index in [-0.39, 0.29) is 23.8 Å². The molecule has 4 saturated carbocycles. The van der Waals surface area contributed by atoms with E-state index in [1.54, 1.807) is 5.57 Å². The van der Waals surface area contributed by atoms with Gasteiger partial charge in [-0.2, -0.15) is 0 Å². The van der Waals surface area contributed by atoms with Crippen molar-refractivity contribution in [1.29, 1.82) is 0 Å². The van der Waals surface area contributed by atoms with Crippen molar-refractivity contribution in [2.75, 3.05) is 6.61 Å². The number of hydrogen-bond acceptors (Lipinski definition) is 5. The van der Waals surface area contributed by atoms with Gasteiger partial charge in [-0.15, -0.1) is 0 Å². The van der Waals surface area contributed by atoms with Gasteiger partial charge >= 0.3 is 5.97 Å². The van der Waals surface area contributed by atoms with Crippen LogP contribution in [0.2, 0.25) is 0 Å². The number of carbonyl (C=O) groups is 1. The van der Waals surface area contributed by atoms with Crippen LogP contribution in [0.4, 0.5) is 0 Å². The second kappa shape index (κ2) is 18.8. The maximum absolute atomic E-state index is 13.5. The van der Waals surface area contributed by atoms with E-state index < -0.39 is 0 Å². The van der Waals surface area contributed by atoms with E-state index in [1.807, 2.05) is 24.3 Å². The summed E-state index contributed by atoms with van der Waals surface area (Å²) in [6.45, 7) is 15.6. The Kier molecular flexibility index (Phi) is 13.7. The van der Waals surface area contributed by atoms with E-state index >= 15 is 0 Å². The number of epoxide rings is 1. The summed E-state index contributed by atoms with van der Waals surface area (Å²) in [5.74, 6) is 6.23. The minimum atomic E-state index is -0.230. The van der Waals surface area contributed by atoms with Crippen molar-refractivity contribution in [3.8, 4) is 16.9 Å². The van der Waals surface area contributed by atoms with Crippen molar-refractivity contribution >= 4 is 5.97 Å². The maximum atomic E-state index is 13.5. The first-order chi connectivity index (χ1) is 28.5. The number of esters is 1. The predicted octanol–water partition coefficient (Wildman–Crippen LogP) is 14.2. The predicted molar refractivity (Wildman–Crippen MR) is 239 cm³/mol.